The van der Waals surface area contributed by atoms with Gasteiger partial charge in [-0.15, -0.1) is 11.3 Å². The smallest absolute Gasteiger partial charge is 0.256 e. The van der Waals surface area contributed by atoms with Crippen LogP contribution in [0.15, 0.2) is 72.1 Å². The number of aromatic nitrogens is 1. The topological polar surface area (TPSA) is 62.3 Å². The monoisotopic (exact) mass is 401 g/mol. The van der Waals surface area contributed by atoms with Crippen LogP contribution >= 0.6 is 11.3 Å². The van der Waals surface area contributed by atoms with Crippen LogP contribution < -0.4 is 5.32 Å². The molecule has 0 aliphatic carbocycles. The van der Waals surface area contributed by atoms with Crippen molar-refractivity contribution in [3.8, 4) is 10.6 Å². The van der Waals surface area contributed by atoms with Crippen molar-refractivity contribution in [2.75, 3.05) is 19.4 Å². The number of anilines is 1. The lowest BCUT2D eigenvalue weighted by molar-refractivity contribution is 0.0827. The first-order valence-electron chi connectivity index (χ1n) is 9.09. The number of carbonyl (C=O) groups excluding carboxylic acids is 2. The summed E-state index contributed by atoms with van der Waals surface area (Å²) in [4.78, 5) is 32.6. The average molecular weight is 401 g/mol. The minimum absolute atomic E-state index is 0.115. The fourth-order valence-corrected chi connectivity index (χ4v) is 3.79. The molecule has 0 unspecified atom stereocenters. The zero-order valence-corrected chi connectivity index (χ0v) is 16.9. The predicted octanol–water partition coefficient (Wildman–Crippen LogP) is 4.92. The van der Waals surface area contributed by atoms with Crippen molar-refractivity contribution in [2.24, 2.45) is 0 Å². The molecule has 0 saturated heterocycles. The number of fused-ring (bicyclic) bond motifs is 1. The Morgan fingerprint density at radius 1 is 0.966 bits per heavy atom. The highest BCUT2D eigenvalue weighted by molar-refractivity contribution is 7.13. The van der Waals surface area contributed by atoms with E-state index in [1.165, 1.54) is 4.90 Å². The van der Waals surface area contributed by atoms with E-state index in [9.17, 15) is 9.59 Å². The number of para-hydroxylation sites is 1. The van der Waals surface area contributed by atoms with Gasteiger partial charge in [-0.2, -0.15) is 0 Å². The number of rotatable bonds is 4. The van der Waals surface area contributed by atoms with Gasteiger partial charge in [-0.1, -0.05) is 30.3 Å². The summed E-state index contributed by atoms with van der Waals surface area (Å²) in [7, 11) is 3.39. The van der Waals surface area contributed by atoms with Crippen molar-refractivity contribution in [2.45, 2.75) is 0 Å². The number of amides is 2. The van der Waals surface area contributed by atoms with E-state index < -0.39 is 0 Å². The number of thiophene rings is 1. The molecule has 2 amide bonds. The second kappa shape index (κ2) is 7.85. The third-order valence-electron chi connectivity index (χ3n) is 4.51. The SMILES string of the molecule is CN(C)C(=O)c1cccc(NC(=O)c2cc(-c3cccs3)nc3ccccc23)c1. The molecule has 0 aliphatic rings. The molecule has 2 aromatic carbocycles. The van der Waals surface area contributed by atoms with Crippen LogP contribution in [0, 0.1) is 0 Å². The number of benzene rings is 2. The molecule has 0 saturated carbocycles. The fraction of sp³-hybridized carbons (Fsp3) is 0.0870. The maximum Gasteiger partial charge on any atom is 0.256 e. The zero-order valence-electron chi connectivity index (χ0n) is 16.0. The first-order chi connectivity index (χ1) is 14.0. The van der Waals surface area contributed by atoms with E-state index in [-0.39, 0.29) is 11.8 Å². The van der Waals surface area contributed by atoms with Gasteiger partial charge in [0.25, 0.3) is 11.8 Å². The van der Waals surface area contributed by atoms with Crippen LogP contribution in [0.3, 0.4) is 0 Å². The highest BCUT2D eigenvalue weighted by atomic mass is 32.1. The molecule has 144 valence electrons. The lowest BCUT2D eigenvalue weighted by atomic mass is 10.1. The maximum atomic E-state index is 13.1. The van der Waals surface area contributed by atoms with Gasteiger partial charge in [-0.05, 0) is 41.8 Å². The van der Waals surface area contributed by atoms with Crippen molar-refractivity contribution >= 4 is 39.7 Å². The van der Waals surface area contributed by atoms with Gasteiger partial charge >= 0.3 is 0 Å². The van der Waals surface area contributed by atoms with Crippen molar-refractivity contribution in [1.82, 2.24) is 9.88 Å². The van der Waals surface area contributed by atoms with Crippen molar-refractivity contribution < 1.29 is 9.59 Å². The van der Waals surface area contributed by atoms with Gasteiger partial charge in [0.05, 0.1) is 21.7 Å². The predicted molar refractivity (Wildman–Crippen MR) is 117 cm³/mol. The van der Waals surface area contributed by atoms with E-state index in [0.717, 1.165) is 21.5 Å². The van der Waals surface area contributed by atoms with E-state index in [1.807, 2.05) is 47.8 Å². The maximum absolute atomic E-state index is 13.1. The molecule has 6 heteroatoms. The lowest BCUT2D eigenvalue weighted by Gasteiger charge is -2.13. The number of nitrogens with zero attached hydrogens (tertiary/aromatic N) is 2. The largest absolute Gasteiger partial charge is 0.345 e. The van der Waals surface area contributed by atoms with Crippen LogP contribution in [0.2, 0.25) is 0 Å². The first kappa shape index (κ1) is 18.8. The summed E-state index contributed by atoms with van der Waals surface area (Å²) in [5.74, 6) is -0.355. The minimum Gasteiger partial charge on any atom is -0.345 e. The Morgan fingerprint density at radius 3 is 2.55 bits per heavy atom. The van der Waals surface area contributed by atoms with Crippen LogP contribution in [-0.4, -0.2) is 35.8 Å². The lowest BCUT2D eigenvalue weighted by Crippen LogP contribution is -2.22. The van der Waals surface area contributed by atoms with Gasteiger partial charge in [0, 0.05) is 30.7 Å². The Labute approximate surface area is 172 Å². The summed E-state index contributed by atoms with van der Waals surface area (Å²) >= 11 is 1.58. The first-order valence-corrected chi connectivity index (χ1v) is 9.97. The highest BCUT2D eigenvalue weighted by Crippen LogP contribution is 2.28. The molecular weight excluding hydrogens is 382 g/mol. The zero-order chi connectivity index (χ0) is 20.4. The minimum atomic E-state index is -0.240. The van der Waals surface area contributed by atoms with Crippen LogP contribution in [0.1, 0.15) is 20.7 Å². The van der Waals surface area contributed by atoms with Gasteiger partial charge in [0.1, 0.15) is 0 Å². The molecule has 0 radical (unpaired) electrons. The van der Waals surface area contributed by atoms with E-state index in [1.54, 1.807) is 49.7 Å². The second-order valence-electron chi connectivity index (χ2n) is 6.78. The Balaban J connectivity index is 1.72. The average Bonchev–Trinajstić information content (AvgIpc) is 3.27. The van der Waals surface area contributed by atoms with E-state index >= 15 is 0 Å². The Kier molecular flexibility index (Phi) is 5.10. The molecule has 0 fully saturated rings. The van der Waals surface area contributed by atoms with Gasteiger partial charge in [-0.25, -0.2) is 4.98 Å². The number of hydrogen-bond donors (Lipinski definition) is 1. The van der Waals surface area contributed by atoms with Gasteiger partial charge in [-0.3, -0.25) is 9.59 Å². The van der Waals surface area contributed by atoms with Crippen molar-refractivity contribution in [3.05, 3.63) is 83.2 Å². The highest BCUT2D eigenvalue weighted by Gasteiger charge is 2.15. The Bertz CT molecular complexity index is 1200. The quantitative estimate of drug-likeness (QED) is 0.528. The molecule has 0 aliphatic heterocycles. The molecule has 4 aromatic rings. The summed E-state index contributed by atoms with van der Waals surface area (Å²) < 4.78 is 0. The van der Waals surface area contributed by atoms with Crippen LogP contribution in [-0.2, 0) is 0 Å². The van der Waals surface area contributed by atoms with E-state index in [0.29, 0.717) is 16.8 Å². The molecule has 2 heterocycles. The fourth-order valence-electron chi connectivity index (χ4n) is 3.10. The number of carbonyl (C=O) groups is 2. The summed E-state index contributed by atoms with van der Waals surface area (Å²) in [6, 6.07) is 20.3. The Morgan fingerprint density at radius 2 is 1.79 bits per heavy atom. The van der Waals surface area contributed by atoms with Crippen molar-refractivity contribution in [3.63, 3.8) is 0 Å². The molecule has 29 heavy (non-hydrogen) atoms. The molecule has 0 spiro atoms. The summed E-state index contributed by atoms with van der Waals surface area (Å²) in [6.45, 7) is 0. The van der Waals surface area contributed by atoms with Gasteiger partial charge in [0.2, 0.25) is 0 Å². The third kappa shape index (κ3) is 3.88. The molecular formula is C23H19N3O2S. The van der Waals surface area contributed by atoms with Gasteiger partial charge < -0.3 is 10.2 Å². The molecule has 1 N–H and O–H groups in total. The van der Waals surface area contributed by atoms with E-state index in [4.69, 9.17) is 4.98 Å². The van der Waals surface area contributed by atoms with E-state index in [2.05, 4.69) is 5.32 Å². The summed E-state index contributed by atoms with van der Waals surface area (Å²) in [6.07, 6.45) is 0. The normalized spacial score (nSPS) is 10.7. The number of hydrogen-bond acceptors (Lipinski definition) is 4. The number of nitrogens with one attached hydrogen (secondary N) is 1. The van der Waals surface area contributed by atoms with Crippen LogP contribution in [0.5, 0.6) is 0 Å². The molecule has 2 aromatic heterocycles. The standard InChI is InChI=1S/C23H19N3O2S/c1-26(2)23(28)15-7-5-8-16(13-15)24-22(27)18-14-20(21-11-6-12-29-21)25-19-10-4-3-9-17(18)19/h3-14H,1-2H3,(H,24,27). The molecule has 0 bridgehead atoms. The van der Waals surface area contributed by atoms with Gasteiger partial charge in [0.15, 0.2) is 0 Å². The van der Waals surface area contributed by atoms with Crippen LogP contribution in [0.4, 0.5) is 5.69 Å². The third-order valence-corrected chi connectivity index (χ3v) is 5.40. The molecule has 0 atom stereocenters. The molecule has 4 rings (SSSR count). The molecule has 5 nitrogen and oxygen atoms in total. The number of pyridine rings is 1. The van der Waals surface area contributed by atoms with Crippen molar-refractivity contribution in [1.29, 1.82) is 0 Å². The second-order valence-corrected chi connectivity index (χ2v) is 7.73. The Hall–Kier alpha value is -3.51. The summed E-state index contributed by atoms with van der Waals surface area (Å²) in [5, 5.41) is 5.69. The summed E-state index contributed by atoms with van der Waals surface area (Å²) in [5.41, 5.74) is 3.16. The van der Waals surface area contributed by atoms with Crippen LogP contribution in [0.25, 0.3) is 21.5 Å².